The van der Waals surface area contributed by atoms with Gasteiger partial charge in [-0.3, -0.25) is 4.39 Å². The van der Waals surface area contributed by atoms with Crippen molar-refractivity contribution in [2.45, 2.75) is 47.0 Å². The second-order valence-corrected chi connectivity index (χ2v) is 4.25. The van der Waals surface area contributed by atoms with Crippen molar-refractivity contribution < 1.29 is 4.39 Å². The summed E-state index contributed by atoms with van der Waals surface area (Å²) in [5.74, 6) is 1.80. The molecule has 2 unspecified atom stereocenters. The van der Waals surface area contributed by atoms with Gasteiger partial charge in [-0.25, -0.2) is 0 Å². The molecule has 0 bridgehead atoms. The van der Waals surface area contributed by atoms with Crippen molar-refractivity contribution in [2.75, 3.05) is 6.67 Å². The van der Waals surface area contributed by atoms with Crippen LogP contribution in [0.4, 0.5) is 4.39 Å². The molecule has 0 rings (SSSR count). The molecule has 0 aromatic rings. The predicted octanol–water partition coefficient (Wildman–Crippen LogP) is 4.05. The van der Waals surface area contributed by atoms with E-state index in [1.54, 1.807) is 0 Å². The highest BCUT2D eigenvalue weighted by atomic mass is 19.1. The fourth-order valence-corrected chi connectivity index (χ4v) is 1.58. The number of hydrogen-bond donors (Lipinski definition) is 0. The van der Waals surface area contributed by atoms with Crippen molar-refractivity contribution >= 4 is 0 Å². The Balaban J connectivity index is 3.58. The molecular weight excluding hydrogens is 151 g/mol. The zero-order valence-electron chi connectivity index (χ0n) is 8.94. The van der Waals surface area contributed by atoms with Crippen LogP contribution in [-0.2, 0) is 0 Å². The van der Waals surface area contributed by atoms with Crippen LogP contribution in [0.25, 0.3) is 0 Å². The van der Waals surface area contributed by atoms with Crippen LogP contribution in [0.1, 0.15) is 47.0 Å². The largest absolute Gasteiger partial charge is 0.251 e. The lowest BCUT2D eigenvalue weighted by atomic mass is 9.87. The van der Waals surface area contributed by atoms with E-state index in [9.17, 15) is 4.39 Å². The molecule has 0 nitrogen and oxygen atoms in total. The number of halogens is 1. The van der Waals surface area contributed by atoms with Gasteiger partial charge in [-0.1, -0.05) is 34.1 Å². The van der Waals surface area contributed by atoms with E-state index in [1.165, 1.54) is 12.8 Å². The van der Waals surface area contributed by atoms with Gasteiger partial charge in [0.25, 0.3) is 0 Å². The Morgan fingerprint density at radius 2 is 1.67 bits per heavy atom. The van der Waals surface area contributed by atoms with E-state index in [0.29, 0.717) is 0 Å². The molecule has 0 aromatic carbocycles. The van der Waals surface area contributed by atoms with Crippen LogP contribution < -0.4 is 0 Å². The molecule has 1 heteroatoms. The Morgan fingerprint density at radius 1 is 1.08 bits per heavy atom. The summed E-state index contributed by atoms with van der Waals surface area (Å²) in [5, 5.41) is 0. The summed E-state index contributed by atoms with van der Waals surface area (Å²) in [4.78, 5) is 0. The summed E-state index contributed by atoms with van der Waals surface area (Å²) < 4.78 is 12.1. The highest BCUT2D eigenvalue weighted by molar-refractivity contribution is 4.63. The van der Waals surface area contributed by atoms with Crippen molar-refractivity contribution in [1.82, 2.24) is 0 Å². The minimum absolute atomic E-state index is 0.158. The summed E-state index contributed by atoms with van der Waals surface area (Å²) >= 11 is 0. The van der Waals surface area contributed by atoms with E-state index in [1.807, 2.05) is 6.92 Å². The molecule has 0 N–H and O–H groups in total. The molecule has 0 heterocycles. The molecule has 0 fully saturated rings. The average Bonchev–Trinajstić information content (AvgIpc) is 2.04. The minimum atomic E-state index is -0.158. The first kappa shape index (κ1) is 11.9. The van der Waals surface area contributed by atoms with Gasteiger partial charge in [-0.05, 0) is 30.6 Å². The van der Waals surface area contributed by atoms with E-state index < -0.39 is 0 Å². The van der Waals surface area contributed by atoms with Crippen LogP contribution in [0.3, 0.4) is 0 Å². The van der Waals surface area contributed by atoms with Gasteiger partial charge < -0.3 is 0 Å². The summed E-state index contributed by atoms with van der Waals surface area (Å²) in [7, 11) is 0. The Kier molecular flexibility index (Phi) is 6.41. The lowest BCUT2D eigenvalue weighted by molar-refractivity contribution is 0.290. The minimum Gasteiger partial charge on any atom is -0.251 e. The third-order valence-electron chi connectivity index (χ3n) is 2.76. The molecule has 0 aromatic heterocycles. The second kappa shape index (κ2) is 6.45. The van der Waals surface area contributed by atoms with Crippen LogP contribution >= 0.6 is 0 Å². The standard InChI is InChI=1S/C11H23F/c1-5-11(9(2)3)7-6-10(4)8-12/h9-11H,5-8H2,1-4H3. The fraction of sp³-hybridized carbons (Fsp3) is 1.00. The van der Waals surface area contributed by atoms with Crippen molar-refractivity contribution in [3.8, 4) is 0 Å². The highest BCUT2D eigenvalue weighted by Gasteiger charge is 2.12. The molecule has 0 saturated heterocycles. The maximum absolute atomic E-state index is 12.1. The maximum Gasteiger partial charge on any atom is 0.0919 e. The molecule has 74 valence electrons. The number of alkyl halides is 1. The third kappa shape index (κ3) is 4.74. The molecule has 0 aliphatic rings. The second-order valence-electron chi connectivity index (χ2n) is 4.25. The van der Waals surface area contributed by atoms with Gasteiger partial charge >= 0.3 is 0 Å². The first-order chi connectivity index (χ1) is 5.61. The van der Waals surface area contributed by atoms with Gasteiger partial charge in [0.15, 0.2) is 0 Å². The lowest BCUT2D eigenvalue weighted by Gasteiger charge is -2.19. The predicted molar refractivity (Wildman–Crippen MR) is 53.0 cm³/mol. The van der Waals surface area contributed by atoms with Gasteiger partial charge in [0.1, 0.15) is 0 Å². The summed E-state index contributed by atoms with van der Waals surface area (Å²) in [6, 6.07) is 0. The first-order valence-corrected chi connectivity index (χ1v) is 5.17. The Labute approximate surface area is 76.6 Å². The molecule has 0 saturated carbocycles. The van der Waals surface area contributed by atoms with Crippen LogP contribution in [0, 0.1) is 17.8 Å². The SMILES string of the molecule is CCC(CCC(C)CF)C(C)C. The summed E-state index contributed by atoms with van der Waals surface area (Å²) in [6.07, 6.45) is 3.48. The summed E-state index contributed by atoms with van der Waals surface area (Å²) in [5.41, 5.74) is 0. The number of rotatable bonds is 6. The molecule has 2 atom stereocenters. The number of hydrogen-bond acceptors (Lipinski definition) is 0. The quantitative estimate of drug-likeness (QED) is 0.569. The fourth-order valence-electron chi connectivity index (χ4n) is 1.58. The van der Waals surface area contributed by atoms with E-state index in [0.717, 1.165) is 18.3 Å². The van der Waals surface area contributed by atoms with E-state index in [-0.39, 0.29) is 12.6 Å². The van der Waals surface area contributed by atoms with E-state index in [2.05, 4.69) is 20.8 Å². The van der Waals surface area contributed by atoms with Crippen molar-refractivity contribution in [3.05, 3.63) is 0 Å². The van der Waals surface area contributed by atoms with Gasteiger partial charge in [0.05, 0.1) is 6.67 Å². The van der Waals surface area contributed by atoms with E-state index in [4.69, 9.17) is 0 Å². The van der Waals surface area contributed by atoms with Gasteiger partial charge in [-0.2, -0.15) is 0 Å². The molecular formula is C11H23F. The zero-order valence-corrected chi connectivity index (χ0v) is 8.94. The van der Waals surface area contributed by atoms with Crippen LogP contribution in [0.2, 0.25) is 0 Å². The van der Waals surface area contributed by atoms with Crippen molar-refractivity contribution in [2.24, 2.45) is 17.8 Å². The Bertz CT molecular complexity index is 99.2. The molecule has 0 radical (unpaired) electrons. The Hall–Kier alpha value is -0.0700. The first-order valence-electron chi connectivity index (χ1n) is 5.17. The highest BCUT2D eigenvalue weighted by Crippen LogP contribution is 2.22. The zero-order chi connectivity index (χ0) is 9.56. The van der Waals surface area contributed by atoms with Gasteiger partial charge in [0.2, 0.25) is 0 Å². The average molecular weight is 174 g/mol. The van der Waals surface area contributed by atoms with Crippen molar-refractivity contribution in [3.63, 3.8) is 0 Å². The molecule has 0 aliphatic carbocycles. The maximum atomic E-state index is 12.1. The van der Waals surface area contributed by atoms with E-state index >= 15 is 0 Å². The normalized spacial score (nSPS) is 16.5. The van der Waals surface area contributed by atoms with Crippen molar-refractivity contribution in [1.29, 1.82) is 0 Å². The van der Waals surface area contributed by atoms with Gasteiger partial charge in [-0.15, -0.1) is 0 Å². The van der Waals surface area contributed by atoms with Crippen LogP contribution in [0.5, 0.6) is 0 Å². The third-order valence-corrected chi connectivity index (χ3v) is 2.76. The topological polar surface area (TPSA) is 0 Å². The smallest absolute Gasteiger partial charge is 0.0919 e. The molecule has 0 aliphatic heterocycles. The monoisotopic (exact) mass is 174 g/mol. The molecule has 0 amide bonds. The van der Waals surface area contributed by atoms with Gasteiger partial charge in [0, 0.05) is 0 Å². The van der Waals surface area contributed by atoms with Crippen LogP contribution in [-0.4, -0.2) is 6.67 Å². The Morgan fingerprint density at radius 3 is 2.00 bits per heavy atom. The molecule has 12 heavy (non-hydrogen) atoms. The molecule has 0 spiro atoms. The van der Waals surface area contributed by atoms with Crippen LogP contribution in [0.15, 0.2) is 0 Å². The lowest BCUT2D eigenvalue weighted by Crippen LogP contribution is -2.09. The summed E-state index contributed by atoms with van der Waals surface area (Å²) in [6.45, 7) is 8.58.